The molecule has 1 atom stereocenters. The molecule has 0 radical (unpaired) electrons. The summed E-state index contributed by atoms with van der Waals surface area (Å²) in [5.41, 5.74) is 1.08. The van der Waals surface area contributed by atoms with E-state index >= 15 is 0 Å². The Morgan fingerprint density at radius 3 is 2.73 bits per heavy atom. The van der Waals surface area contributed by atoms with Crippen molar-refractivity contribution < 1.29 is 9.59 Å². The topological polar surface area (TPSA) is 75.2 Å². The van der Waals surface area contributed by atoms with Gasteiger partial charge in [-0.3, -0.25) is 9.59 Å². The largest absolute Gasteiger partial charge is 0.338 e. The minimum atomic E-state index is -0.329. The number of carbonyl (C=O) groups is 2. The number of nitrogens with one attached hydrogen (secondary N) is 1. The molecule has 2 fully saturated rings. The lowest BCUT2D eigenvalue weighted by Crippen LogP contribution is -2.28. The van der Waals surface area contributed by atoms with Gasteiger partial charge in [-0.15, -0.1) is 10.2 Å². The summed E-state index contributed by atoms with van der Waals surface area (Å²) >= 11 is 1.47. The summed E-state index contributed by atoms with van der Waals surface area (Å²) in [4.78, 5) is 26.5. The number of nitrogens with zero attached hydrogens (tertiary/aromatic N) is 3. The summed E-state index contributed by atoms with van der Waals surface area (Å²) in [6, 6.07) is 9.85. The highest BCUT2D eigenvalue weighted by atomic mass is 32.1. The quantitative estimate of drug-likeness (QED) is 0.877. The molecule has 2 aromatic rings. The van der Waals surface area contributed by atoms with E-state index in [1.165, 1.54) is 24.2 Å². The van der Waals surface area contributed by atoms with Crippen LogP contribution in [0.25, 0.3) is 0 Å². The van der Waals surface area contributed by atoms with Gasteiger partial charge in [0, 0.05) is 25.4 Å². The third kappa shape index (κ3) is 3.77. The van der Waals surface area contributed by atoms with Crippen LogP contribution in [0.4, 0.5) is 5.13 Å². The third-order valence-corrected chi connectivity index (χ3v) is 6.18. The van der Waals surface area contributed by atoms with Gasteiger partial charge in [-0.05, 0) is 18.4 Å². The molecule has 1 saturated carbocycles. The van der Waals surface area contributed by atoms with Crippen molar-refractivity contribution in [1.82, 2.24) is 15.1 Å². The van der Waals surface area contributed by atoms with Crippen LogP contribution in [0.1, 0.15) is 48.6 Å². The summed E-state index contributed by atoms with van der Waals surface area (Å²) in [6.07, 6.45) is 5.07. The first kappa shape index (κ1) is 17.1. The molecule has 1 aromatic carbocycles. The van der Waals surface area contributed by atoms with E-state index < -0.39 is 0 Å². The fourth-order valence-corrected chi connectivity index (χ4v) is 4.65. The summed E-state index contributed by atoms with van der Waals surface area (Å²) in [6.45, 7) is 1.00. The lowest BCUT2D eigenvalue weighted by molar-refractivity contribution is -0.128. The van der Waals surface area contributed by atoms with Gasteiger partial charge in [0.25, 0.3) is 0 Å². The number of rotatable bonds is 5. The number of likely N-dealkylation sites (tertiary alicyclic amines) is 1. The maximum Gasteiger partial charge on any atom is 0.231 e. The molecule has 2 heterocycles. The van der Waals surface area contributed by atoms with Crippen LogP contribution in [-0.4, -0.2) is 33.5 Å². The van der Waals surface area contributed by atoms with Crippen molar-refractivity contribution in [1.29, 1.82) is 0 Å². The van der Waals surface area contributed by atoms with Gasteiger partial charge in [0.05, 0.1) is 5.92 Å². The fourth-order valence-electron chi connectivity index (χ4n) is 3.73. The van der Waals surface area contributed by atoms with Crippen molar-refractivity contribution in [3.63, 3.8) is 0 Å². The Hall–Kier alpha value is -2.28. The molecule has 0 unspecified atom stereocenters. The van der Waals surface area contributed by atoms with Gasteiger partial charge in [-0.2, -0.15) is 0 Å². The van der Waals surface area contributed by atoms with E-state index in [1.54, 1.807) is 4.90 Å². The molecule has 2 amide bonds. The first-order chi connectivity index (χ1) is 12.7. The average Bonchev–Trinajstić information content (AvgIpc) is 3.38. The normalized spacial score (nSPS) is 20.7. The van der Waals surface area contributed by atoms with Crippen molar-refractivity contribution in [3.05, 3.63) is 40.9 Å². The van der Waals surface area contributed by atoms with Gasteiger partial charge in [0.1, 0.15) is 5.01 Å². The number of carbonyl (C=O) groups excluding carboxylic acids is 2. The number of benzene rings is 1. The van der Waals surface area contributed by atoms with Crippen LogP contribution in [0.3, 0.4) is 0 Å². The molecule has 0 bridgehead atoms. The molecule has 1 saturated heterocycles. The van der Waals surface area contributed by atoms with Gasteiger partial charge >= 0.3 is 0 Å². The van der Waals surface area contributed by atoms with Gasteiger partial charge < -0.3 is 10.2 Å². The monoisotopic (exact) mass is 370 g/mol. The summed E-state index contributed by atoms with van der Waals surface area (Å²) < 4.78 is 0. The molecule has 0 spiro atoms. The van der Waals surface area contributed by atoms with Gasteiger partial charge in [0.2, 0.25) is 16.9 Å². The lowest BCUT2D eigenvalue weighted by atomic mass is 10.1. The van der Waals surface area contributed by atoms with E-state index in [-0.39, 0.29) is 24.2 Å². The van der Waals surface area contributed by atoms with Crippen LogP contribution in [0, 0.1) is 5.92 Å². The van der Waals surface area contributed by atoms with Crippen molar-refractivity contribution in [2.24, 2.45) is 5.92 Å². The molecular weight excluding hydrogens is 348 g/mol. The third-order valence-electron chi connectivity index (χ3n) is 5.18. The van der Waals surface area contributed by atoms with Crippen molar-refractivity contribution in [2.45, 2.75) is 44.6 Å². The van der Waals surface area contributed by atoms with Crippen LogP contribution in [0.15, 0.2) is 30.3 Å². The maximum absolute atomic E-state index is 12.5. The Labute approximate surface area is 156 Å². The van der Waals surface area contributed by atoms with Crippen LogP contribution >= 0.6 is 11.3 Å². The van der Waals surface area contributed by atoms with E-state index in [1.807, 2.05) is 30.3 Å². The van der Waals surface area contributed by atoms with E-state index in [9.17, 15) is 9.59 Å². The Morgan fingerprint density at radius 1 is 1.19 bits per heavy atom. The zero-order valence-corrected chi connectivity index (χ0v) is 15.4. The number of amides is 2. The summed E-state index contributed by atoms with van der Waals surface area (Å²) in [5, 5.41) is 12.8. The predicted octanol–water partition coefficient (Wildman–Crippen LogP) is 3.18. The second-order valence-corrected chi connectivity index (χ2v) is 8.09. The van der Waals surface area contributed by atoms with Crippen molar-refractivity contribution in [3.8, 4) is 0 Å². The molecule has 7 heteroatoms. The van der Waals surface area contributed by atoms with E-state index in [4.69, 9.17) is 0 Å². The molecule has 6 nitrogen and oxygen atoms in total. The molecule has 4 rings (SSSR count). The Balaban J connectivity index is 1.34. The molecule has 1 aromatic heterocycles. The Morgan fingerprint density at radius 2 is 1.96 bits per heavy atom. The number of hydrogen-bond acceptors (Lipinski definition) is 5. The molecular formula is C19H22N4O2S. The van der Waals surface area contributed by atoms with Crippen molar-refractivity contribution in [2.75, 3.05) is 11.9 Å². The average molecular weight is 370 g/mol. The van der Waals surface area contributed by atoms with E-state index in [0.717, 1.165) is 23.4 Å². The number of hydrogen-bond donors (Lipinski definition) is 1. The zero-order chi connectivity index (χ0) is 17.9. The highest BCUT2D eigenvalue weighted by Gasteiger charge is 2.34. The Bertz CT molecular complexity index is 786. The Kier molecular flexibility index (Phi) is 4.97. The molecule has 1 aliphatic carbocycles. The van der Waals surface area contributed by atoms with Gasteiger partial charge in [-0.1, -0.05) is 54.5 Å². The first-order valence-electron chi connectivity index (χ1n) is 9.15. The second kappa shape index (κ2) is 7.53. The van der Waals surface area contributed by atoms with Crippen LogP contribution in [0.2, 0.25) is 0 Å². The number of anilines is 1. The molecule has 26 heavy (non-hydrogen) atoms. The highest BCUT2D eigenvalue weighted by Crippen LogP contribution is 2.36. The van der Waals surface area contributed by atoms with Gasteiger partial charge in [-0.25, -0.2) is 0 Å². The highest BCUT2D eigenvalue weighted by molar-refractivity contribution is 7.15. The molecule has 136 valence electrons. The molecule has 1 aliphatic heterocycles. The smallest absolute Gasteiger partial charge is 0.231 e. The fraction of sp³-hybridized carbons (Fsp3) is 0.474. The second-order valence-electron chi connectivity index (χ2n) is 7.08. The standard InChI is InChI=1S/C19H22N4O2S/c24-16-10-15(12-23(16)11-13-6-2-1-3-7-13)17(25)20-19-22-21-18(26-19)14-8-4-5-9-14/h1-3,6-7,14-15H,4-5,8-12H2,(H,20,22,25)/t15-/m0/s1. The van der Waals surface area contributed by atoms with Gasteiger partial charge in [0.15, 0.2) is 0 Å². The summed E-state index contributed by atoms with van der Waals surface area (Å²) in [7, 11) is 0. The maximum atomic E-state index is 12.5. The number of aromatic nitrogens is 2. The van der Waals surface area contributed by atoms with E-state index in [2.05, 4.69) is 15.5 Å². The molecule has 1 N–H and O–H groups in total. The van der Waals surface area contributed by atoms with Crippen LogP contribution < -0.4 is 5.32 Å². The lowest BCUT2D eigenvalue weighted by Gasteiger charge is -2.16. The minimum Gasteiger partial charge on any atom is -0.338 e. The summed E-state index contributed by atoms with van der Waals surface area (Å²) in [5.74, 6) is 0.0542. The van der Waals surface area contributed by atoms with E-state index in [0.29, 0.717) is 24.1 Å². The first-order valence-corrected chi connectivity index (χ1v) is 9.96. The predicted molar refractivity (Wildman–Crippen MR) is 99.7 cm³/mol. The zero-order valence-electron chi connectivity index (χ0n) is 14.6. The minimum absolute atomic E-state index is 0.0258. The van der Waals surface area contributed by atoms with Crippen LogP contribution in [0.5, 0.6) is 0 Å². The van der Waals surface area contributed by atoms with Crippen molar-refractivity contribution >= 4 is 28.3 Å². The van der Waals surface area contributed by atoms with Crippen LogP contribution in [-0.2, 0) is 16.1 Å². The molecule has 2 aliphatic rings. The SMILES string of the molecule is O=C(Nc1nnc(C2CCCC2)s1)[C@H]1CC(=O)N(Cc2ccccc2)C1.